The van der Waals surface area contributed by atoms with Gasteiger partial charge in [0.15, 0.2) is 0 Å². The molecule has 1 N–H and O–H groups in total. The van der Waals surface area contributed by atoms with Crippen LogP contribution >= 0.6 is 11.6 Å². The number of ether oxygens (including phenoxy) is 2. The second-order valence-electron chi connectivity index (χ2n) is 5.14. The van der Waals surface area contributed by atoms with Gasteiger partial charge in [0.05, 0.1) is 11.6 Å². The molecule has 0 amide bonds. The summed E-state index contributed by atoms with van der Waals surface area (Å²) in [5.74, 6) is 0.317. The standard InChI is InChI=1S/C17H17ClFNO2/c18-14-7-6-12(10-15(14)19)17-16(11-20-8-9-21-17)22-13-4-2-1-3-5-13/h1-7,10,16-17,20H,8-9,11H2/t16-,17+/m1/s1. The fourth-order valence-corrected chi connectivity index (χ4v) is 2.61. The van der Waals surface area contributed by atoms with E-state index in [-0.39, 0.29) is 17.2 Å². The van der Waals surface area contributed by atoms with Crippen molar-refractivity contribution in [3.63, 3.8) is 0 Å². The maximum atomic E-state index is 13.7. The third-order valence-electron chi connectivity index (χ3n) is 3.56. The van der Waals surface area contributed by atoms with Gasteiger partial charge in [0, 0.05) is 13.1 Å². The van der Waals surface area contributed by atoms with Gasteiger partial charge < -0.3 is 14.8 Å². The van der Waals surface area contributed by atoms with Gasteiger partial charge in [-0.2, -0.15) is 0 Å². The maximum absolute atomic E-state index is 13.7. The maximum Gasteiger partial charge on any atom is 0.142 e. The summed E-state index contributed by atoms with van der Waals surface area (Å²) in [6.45, 7) is 1.91. The number of para-hydroxylation sites is 1. The SMILES string of the molecule is Fc1cc([C@@H]2OCCNC[C@H]2Oc2ccccc2)ccc1Cl. The molecule has 1 heterocycles. The van der Waals surface area contributed by atoms with Crippen molar-refractivity contribution in [3.8, 4) is 5.75 Å². The van der Waals surface area contributed by atoms with Gasteiger partial charge in [-0.25, -0.2) is 4.39 Å². The molecule has 3 nitrogen and oxygen atoms in total. The summed E-state index contributed by atoms with van der Waals surface area (Å²) in [6.07, 6.45) is -0.590. The van der Waals surface area contributed by atoms with Gasteiger partial charge in [-0.3, -0.25) is 0 Å². The Morgan fingerprint density at radius 2 is 2.00 bits per heavy atom. The van der Waals surface area contributed by atoms with E-state index in [0.717, 1.165) is 17.9 Å². The molecule has 5 heteroatoms. The van der Waals surface area contributed by atoms with E-state index < -0.39 is 5.82 Å². The lowest BCUT2D eigenvalue weighted by Gasteiger charge is -2.26. The van der Waals surface area contributed by atoms with Crippen LogP contribution in [0, 0.1) is 5.82 Å². The summed E-state index contributed by atoms with van der Waals surface area (Å²) in [5, 5.41) is 3.38. The molecule has 116 valence electrons. The van der Waals surface area contributed by atoms with Crippen LogP contribution in [0.3, 0.4) is 0 Å². The van der Waals surface area contributed by atoms with E-state index >= 15 is 0 Å². The average Bonchev–Trinajstić information content (AvgIpc) is 2.77. The molecule has 1 aliphatic rings. The molecule has 22 heavy (non-hydrogen) atoms. The Labute approximate surface area is 134 Å². The van der Waals surface area contributed by atoms with Crippen molar-refractivity contribution in [2.75, 3.05) is 19.7 Å². The Hall–Kier alpha value is -1.62. The first-order chi connectivity index (χ1) is 10.7. The lowest BCUT2D eigenvalue weighted by molar-refractivity contribution is -0.00854. The third kappa shape index (κ3) is 3.58. The first-order valence-corrected chi connectivity index (χ1v) is 7.61. The van der Waals surface area contributed by atoms with E-state index in [9.17, 15) is 4.39 Å². The first-order valence-electron chi connectivity index (χ1n) is 7.23. The second kappa shape index (κ2) is 7.09. The molecule has 1 fully saturated rings. The van der Waals surface area contributed by atoms with Crippen LogP contribution in [-0.4, -0.2) is 25.8 Å². The summed E-state index contributed by atoms with van der Waals surface area (Å²) >= 11 is 5.76. The molecule has 0 unspecified atom stereocenters. The molecule has 0 aliphatic carbocycles. The number of benzene rings is 2. The number of rotatable bonds is 3. The van der Waals surface area contributed by atoms with E-state index in [1.807, 2.05) is 30.3 Å². The molecule has 1 saturated heterocycles. The highest BCUT2D eigenvalue weighted by molar-refractivity contribution is 6.30. The fraction of sp³-hybridized carbons (Fsp3) is 0.294. The second-order valence-corrected chi connectivity index (χ2v) is 5.55. The van der Waals surface area contributed by atoms with Crippen molar-refractivity contribution < 1.29 is 13.9 Å². The predicted molar refractivity (Wildman–Crippen MR) is 83.8 cm³/mol. The number of halogens is 2. The average molecular weight is 322 g/mol. The zero-order chi connectivity index (χ0) is 15.4. The van der Waals surface area contributed by atoms with Gasteiger partial charge in [0.2, 0.25) is 0 Å². The number of hydrogen-bond donors (Lipinski definition) is 1. The molecule has 2 aromatic rings. The van der Waals surface area contributed by atoms with Crippen molar-refractivity contribution in [3.05, 3.63) is 64.9 Å². The summed E-state index contributed by atoms with van der Waals surface area (Å²) in [5.41, 5.74) is 0.728. The monoisotopic (exact) mass is 321 g/mol. The molecule has 0 spiro atoms. The van der Waals surface area contributed by atoms with Crippen LogP contribution in [0.1, 0.15) is 11.7 Å². The molecule has 0 aromatic heterocycles. The van der Waals surface area contributed by atoms with Crippen LogP contribution in [0.25, 0.3) is 0 Å². The van der Waals surface area contributed by atoms with Gasteiger partial charge in [-0.05, 0) is 29.8 Å². The Bertz CT molecular complexity index is 623. The van der Waals surface area contributed by atoms with Crippen LogP contribution in [0.2, 0.25) is 5.02 Å². The predicted octanol–water partition coefficient (Wildman–Crippen LogP) is 3.59. The Kier molecular flexibility index (Phi) is 4.93. The van der Waals surface area contributed by atoms with Crippen molar-refractivity contribution >= 4 is 11.6 Å². The highest BCUT2D eigenvalue weighted by Crippen LogP contribution is 2.28. The smallest absolute Gasteiger partial charge is 0.142 e. The number of nitrogens with one attached hydrogen (secondary N) is 1. The minimum Gasteiger partial charge on any atom is -0.486 e. The van der Waals surface area contributed by atoms with Crippen molar-refractivity contribution in [1.29, 1.82) is 0 Å². The molecule has 0 saturated carbocycles. The topological polar surface area (TPSA) is 30.5 Å². The molecule has 3 rings (SSSR count). The lowest BCUT2D eigenvalue weighted by atomic mass is 10.0. The van der Waals surface area contributed by atoms with Gasteiger partial charge in [0.25, 0.3) is 0 Å². The highest BCUT2D eigenvalue weighted by Gasteiger charge is 2.28. The highest BCUT2D eigenvalue weighted by atomic mass is 35.5. The first kappa shape index (κ1) is 15.3. The van der Waals surface area contributed by atoms with E-state index in [2.05, 4.69) is 5.32 Å². The van der Waals surface area contributed by atoms with Crippen LogP contribution in [-0.2, 0) is 4.74 Å². The van der Waals surface area contributed by atoms with Crippen molar-refractivity contribution in [1.82, 2.24) is 5.32 Å². The number of hydrogen-bond acceptors (Lipinski definition) is 3. The summed E-state index contributed by atoms with van der Waals surface area (Å²) in [4.78, 5) is 0. The Morgan fingerprint density at radius 1 is 1.18 bits per heavy atom. The van der Waals surface area contributed by atoms with Crippen LogP contribution in [0.5, 0.6) is 5.75 Å². The fourth-order valence-electron chi connectivity index (χ4n) is 2.49. The molecule has 2 aromatic carbocycles. The van der Waals surface area contributed by atoms with Gasteiger partial charge in [-0.15, -0.1) is 0 Å². The molecule has 2 atom stereocenters. The Balaban J connectivity index is 1.85. The van der Waals surface area contributed by atoms with Crippen LogP contribution in [0.4, 0.5) is 4.39 Å². The van der Waals surface area contributed by atoms with Crippen molar-refractivity contribution in [2.45, 2.75) is 12.2 Å². The summed E-state index contributed by atoms with van der Waals surface area (Å²) in [6, 6.07) is 14.3. The molecule has 0 bridgehead atoms. The van der Waals surface area contributed by atoms with Crippen LogP contribution in [0.15, 0.2) is 48.5 Å². The third-order valence-corrected chi connectivity index (χ3v) is 3.87. The minimum absolute atomic E-state index is 0.107. The zero-order valence-corrected chi connectivity index (χ0v) is 12.7. The van der Waals surface area contributed by atoms with Gasteiger partial charge in [-0.1, -0.05) is 35.9 Å². The summed E-state index contributed by atoms with van der Waals surface area (Å²) in [7, 11) is 0. The van der Waals surface area contributed by atoms with E-state index in [0.29, 0.717) is 13.2 Å². The van der Waals surface area contributed by atoms with E-state index in [1.165, 1.54) is 6.07 Å². The minimum atomic E-state index is -0.446. The summed E-state index contributed by atoms with van der Waals surface area (Å²) < 4.78 is 25.6. The zero-order valence-electron chi connectivity index (χ0n) is 12.0. The largest absolute Gasteiger partial charge is 0.486 e. The van der Waals surface area contributed by atoms with Crippen LogP contribution < -0.4 is 10.1 Å². The van der Waals surface area contributed by atoms with Gasteiger partial charge in [0.1, 0.15) is 23.8 Å². The lowest BCUT2D eigenvalue weighted by Crippen LogP contribution is -2.34. The van der Waals surface area contributed by atoms with E-state index in [1.54, 1.807) is 12.1 Å². The molecular formula is C17H17ClFNO2. The molecule has 1 aliphatic heterocycles. The van der Waals surface area contributed by atoms with Gasteiger partial charge >= 0.3 is 0 Å². The molecular weight excluding hydrogens is 305 g/mol. The quantitative estimate of drug-likeness (QED) is 0.937. The normalized spacial score (nSPS) is 22.1. The molecule has 0 radical (unpaired) electrons. The van der Waals surface area contributed by atoms with E-state index in [4.69, 9.17) is 21.1 Å². The van der Waals surface area contributed by atoms with Crippen molar-refractivity contribution in [2.24, 2.45) is 0 Å². The Morgan fingerprint density at radius 3 is 2.77 bits per heavy atom.